The first kappa shape index (κ1) is 19.4. The van der Waals surface area contributed by atoms with Gasteiger partial charge in [-0.05, 0) is 31.5 Å². The first-order chi connectivity index (χ1) is 13.0. The number of nitrogens with zero attached hydrogens (tertiary/aromatic N) is 2. The second-order valence-electron chi connectivity index (χ2n) is 6.44. The van der Waals surface area contributed by atoms with E-state index in [1.54, 1.807) is 27.8 Å². The summed E-state index contributed by atoms with van der Waals surface area (Å²) in [6.45, 7) is 3.19. The van der Waals surface area contributed by atoms with Gasteiger partial charge in [0.05, 0.1) is 30.5 Å². The van der Waals surface area contributed by atoms with Gasteiger partial charge in [0, 0.05) is 30.0 Å². The fourth-order valence-electron chi connectivity index (χ4n) is 3.07. The molecule has 1 saturated heterocycles. The molecule has 1 atom stereocenters. The monoisotopic (exact) mass is 391 g/mol. The molecule has 144 valence electrons. The van der Waals surface area contributed by atoms with Crippen molar-refractivity contribution >= 4 is 28.8 Å². The van der Waals surface area contributed by atoms with Gasteiger partial charge in [-0.15, -0.1) is 11.3 Å². The maximum atomic E-state index is 13.2. The molecule has 0 aliphatic carbocycles. The molecule has 27 heavy (non-hydrogen) atoms. The Balaban J connectivity index is 1.56. The maximum Gasteiger partial charge on any atom is 0.226 e. The second-order valence-corrected chi connectivity index (χ2v) is 7.38. The molecule has 3 rings (SSSR count). The topological polar surface area (TPSA) is 71.5 Å². The lowest BCUT2D eigenvalue weighted by molar-refractivity contribution is -0.141. The van der Waals surface area contributed by atoms with Gasteiger partial charge in [0.25, 0.3) is 0 Å². The molecule has 1 aliphatic rings. The fourth-order valence-corrected chi connectivity index (χ4v) is 3.86. The van der Waals surface area contributed by atoms with Crippen molar-refractivity contribution in [3.8, 4) is 0 Å². The van der Waals surface area contributed by atoms with Crippen LogP contribution in [-0.4, -0.2) is 47.5 Å². The first-order valence-electron chi connectivity index (χ1n) is 8.84. The van der Waals surface area contributed by atoms with E-state index in [0.29, 0.717) is 38.3 Å². The van der Waals surface area contributed by atoms with Crippen molar-refractivity contribution in [2.24, 2.45) is 0 Å². The zero-order valence-corrected chi connectivity index (χ0v) is 15.9. The molecular formula is C19H22FN3O3S. The molecule has 1 aromatic heterocycles. The van der Waals surface area contributed by atoms with Gasteiger partial charge in [-0.2, -0.15) is 0 Å². The summed E-state index contributed by atoms with van der Waals surface area (Å²) in [6, 6.07) is 5.41. The summed E-state index contributed by atoms with van der Waals surface area (Å²) >= 11 is 1.55. The molecule has 0 spiro atoms. The largest absolute Gasteiger partial charge is 0.377 e. The van der Waals surface area contributed by atoms with Crippen LogP contribution in [0.25, 0.3) is 0 Å². The third-order valence-corrected chi connectivity index (χ3v) is 5.48. The summed E-state index contributed by atoms with van der Waals surface area (Å²) in [5.41, 5.74) is 3.14. The number of amides is 2. The van der Waals surface area contributed by atoms with Crippen LogP contribution in [0.4, 0.5) is 10.1 Å². The molecule has 1 aromatic carbocycles. The molecule has 1 aliphatic heterocycles. The van der Waals surface area contributed by atoms with Crippen molar-refractivity contribution in [1.82, 2.24) is 9.88 Å². The zero-order chi connectivity index (χ0) is 19.2. The van der Waals surface area contributed by atoms with Gasteiger partial charge in [-0.1, -0.05) is 6.07 Å². The third kappa shape index (κ3) is 5.33. The van der Waals surface area contributed by atoms with Crippen molar-refractivity contribution in [2.75, 3.05) is 25.1 Å². The number of aryl methyl sites for hydroxylation is 2. The van der Waals surface area contributed by atoms with Crippen LogP contribution in [-0.2, 0) is 20.7 Å². The molecule has 0 bridgehead atoms. The van der Waals surface area contributed by atoms with Gasteiger partial charge in [0.1, 0.15) is 5.82 Å². The Morgan fingerprint density at radius 2 is 2.30 bits per heavy atom. The number of morpholine rings is 1. The van der Waals surface area contributed by atoms with Crippen LogP contribution in [0.2, 0.25) is 0 Å². The van der Waals surface area contributed by atoms with E-state index in [2.05, 4.69) is 10.3 Å². The Hall–Kier alpha value is -2.32. The third-order valence-electron chi connectivity index (χ3n) is 4.49. The Labute approximate surface area is 161 Å². The van der Waals surface area contributed by atoms with E-state index in [1.165, 1.54) is 18.2 Å². The standard InChI is InChI=1S/C19H22FN3O3S/c1-13-17(27-12-21-13)5-6-19(25)23-7-8-26-11-16(23)10-18(24)22-15-4-2-3-14(20)9-15/h2-4,9,12,16H,5-8,10-11H2,1H3,(H,22,24). The number of ether oxygens (including phenoxy) is 1. The van der Waals surface area contributed by atoms with E-state index in [-0.39, 0.29) is 24.3 Å². The van der Waals surface area contributed by atoms with Crippen LogP contribution in [0.1, 0.15) is 23.4 Å². The SMILES string of the molecule is Cc1ncsc1CCC(=O)N1CCOCC1CC(=O)Nc1cccc(F)c1. The smallest absolute Gasteiger partial charge is 0.226 e. The predicted molar refractivity (Wildman–Crippen MR) is 101 cm³/mol. The minimum atomic E-state index is -0.413. The Morgan fingerprint density at radius 3 is 3.04 bits per heavy atom. The fraction of sp³-hybridized carbons (Fsp3) is 0.421. The van der Waals surface area contributed by atoms with Crippen molar-refractivity contribution < 1.29 is 18.7 Å². The molecule has 2 amide bonds. The number of thiazole rings is 1. The molecule has 2 aromatic rings. The van der Waals surface area contributed by atoms with Gasteiger partial charge >= 0.3 is 0 Å². The van der Waals surface area contributed by atoms with E-state index in [4.69, 9.17) is 4.74 Å². The van der Waals surface area contributed by atoms with E-state index in [9.17, 15) is 14.0 Å². The zero-order valence-electron chi connectivity index (χ0n) is 15.1. The van der Waals surface area contributed by atoms with E-state index in [1.807, 2.05) is 6.92 Å². The number of carbonyl (C=O) groups excluding carboxylic acids is 2. The number of aromatic nitrogens is 1. The lowest BCUT2D eigenvalue weighted by Crippen LogP contribution is -2.50. The van der Waals surface area contributed by atoms with Crippen LogP contribution < -0.4 is 5.32 Å². The maximum absolute atomic E-state index is 13.2. The Kier molecular flexibility index (Phi) is 6.52. The van der Waals surface area contributed by atoms with E-state index >= 15 is 0 Å². The molecule has 1 N–H and O–H groups in total. The van der Waals surface area contributed by atoms with Gasteiger partial charge in [-0.3, -0.25) is 9.59 Å². The average molecular weight is 391 g/mol. The minimum Gasteiger partial charge on any atom is -0.377 e. The normalized spacial score (nSPS) is 17.0. The number of carbonyl (C=O) groups is 2. The summed E-state index contributed by atoms with van der Waals surface area (Å²) < 4.78 is 18.7. The first-order valence-corrected chi connectivity index (χ1v) is 9.72. The average Bonchev–Trinajstić information content (AvgIpc) is 3.05. The number of rotatable bonds is 6. The van der Waals surface area contributed by atoms with Crippen LogP contribution in [0.5, 0.6) is 0 Å². The molecule has 2 heterocycles. The summed E-state index contributed by atoms with van der Waals surface area (Å²) in [6.07, 6.45) is 1.14. The van der Waals surface area contributed by atoms with Crippen LogP contribution in [0, 0.1) is 12.7 Å². The van der Waals surface area contributed by atoms with Gasteiger partial charge < -0.3 is 15.0 Å². The molecular weight excluding hydrogens is 369 g/mol. The van der Waals surface area contributed by atoms with Gasteiger partial charge in [-0.25, -0.2) is 9.37 Å². The van der Waals surface area contributed by atoms with Crippen LogP contribution in [0.3, 0.4) is 0 Å². The number of nitrogens with one attached hydrogen (secondary N) is 1. The van der Waals surface area contributed by atoms with Crippen LogP contribution >= 0.6 is 11.3 Å². The number of hydrogen-bond donors (Lipinski definition) is 1. The van der Waals surface area contributed by atoms with Crippen molar-refractivity contribution in [1.29, 1.82) is 0 Å². The highest BCUT2D eigenvalue weighted by Gasteiger charge is 2.29. The highest BCUT2D eigenvalue weighted by Crippen LogP contribution is 2.18. The lowest BCUT2D eigenvalue weighted by atomic mass is 10.1. The molecule has 1 fully saturated rings. The van der Waals surface area contributed by atoms with Gasteiger partial charge in [0.15, 0.2) is 0 Å². The van der Waals surface area contributed by atoms with E-state index < -0.39 is 5.82 Å². The molecule has 1 unspecified atom stereocenters. The predicted octanol–water partition coefficient (Wildman–Crippen LogP) is 2.78. The highest BCUT2D eigenvalue weighted by atomic mass is 32.1. The molecule has 0 radical (unpaired) electrons. The molecule has 0 saturated carbocycles. The van der Waals surface area contributed by atoms with Crippen LogP contribution in [0.15, 0.2) is 29.8 Å². The number of benzene rings is 1. The molecule has 8 heteroatoms. The highest BCUT2D eigenvalue weighted by molar-refractivity contribution is 7.09. The summed E-state index contributed by atoms with van der Waals surface area (Å²) in [7, 11) is 0. The minimum absolute atomic E-state index is 0.00894. The summed E-state index contributed by atoms with van der Waals surface area (Å²) in [5.74, 6) is -0.675. The number of hydrogen-bond acceptors (Lipinski definition) is 5. The Morgan fingerprint density at radius 1 is 1.44 bits per heavy atom. The number of anilines is 1. The van der Waals surface area contributed by atoms with E-state index in [0.717, 1.165) is 10.6 Å². The number of halogens is 1. The van der Waals surface area contributed by atoms with Gasteiger partial charge in [0.2, 0.25) is 11.8 Å². The van der Waals surface area contributed by atoms with Crippen molar-refractivity contribution in [3.63, 3.8) is 0 Å². The quantitative estimate of drug-likeness (QED) is 0.822. The summed E-state index contributed by atoms with van der Waals surface area (Å²) in [5, 5.41) is 2.67. The summed E-state index contributed by atoms with van der Waals surface area (Å²) in [4.78, 5) is 32.0. The molecule has 6 nitrogen and oxygen atoms in total. The lowest BCUT2D eigenvalue weighted by Gasteiger charge is -2.35. The van der Waals surface area contributed by atoms with Crippen molar-refractivity contribution in [2.45, 2.75) is 32.2 Å². The van der Waals surface area contributed by atoms with Crippen molar-refractivity contribution in [3.05, 3.63) is 46.2 Å². The Bertz CT molecular complexity index is 811. The second kappa shape index (κ2) is 9.05.